The van der Waals surface area contributed by atoms with Crippen molar-refractivity contribution in [2.24, 2.45) is 0 Å². The summed E-state index contributed by atoms with van der Waals surface area (Å²) in [5, 5.41) is 11.7. The maximum atomic E-state index is 13.1. The highest BCUT2D eigenvalue weighted by atomic mass is 32.2. The molecule has 0 bridgehead atoms. The van der Waals surface area contributed by atoms with Crippen LogP contribution in [0.5, 0.6) is 5.75 Å². The molecule has 0 radical (unpaired) electrons. The molecule has 7 nitrogen and oxygen atoms in total. The largest absolute Gasteiger partial charge is 0.497 e. The van der Waals surface area contributed by atoms with E-state index in [1.165, 1.54) is 11.8 Å². The number of hydrogen-bond donors (Lipinski definition) is 1. The molecule has 8 heteroatoms. The van der Waals surface area contributed by atoms with Gasteiger partial charge < -0.3 is 14.5 Å². The normalized spacial score (nSPS) is 10.5. The Morgan fingerprint density at radius 2 is 1.56 bits per heavy atom. The molecule has 4 rings (SSSR count). The first-order valence-electron chi connectivity index (χ1n) is 9.99. The van der Waals surface area contributed by atoms with Crippen LogP contribution in [-0.2, 0) is 11.3 Å². The Morgan fingerprint density at radius 3 is 2.16 bits per heavy atom. The van der Waals surface area contributed by atoms with Crippen LogP contribution in [0.25, 0.3) is 0 Å². The highest BCUT2D eigenvalue weighted by molar-refractivity contribution is 7.99. The standard InChI is InChI=1S/C24H22N4O3S/c1-30-21-14-12-18(13-15-21)25-16-22-26-27-24(31-22)32-17-23(29)28(19-8-4-2-5-9-19)20-10-6-3-7-11-20/h2-15,25H,16-17H2,1H3. The second-order valence-corrected chi connectivity index (χ2v) is 7.66. The van der Waals surface area contributed by atoms with Crippen LogP contribution in [0.2, 0.25) is 0 Å². The number of aromatic nitrogens is 2. The number of carbonyl (C=O) groups excluding carboxylic acids is 1. The Bertz CT molecular complexity index is 1100. The van der Waals surface area contributed by atoms with Crippen LogP contribution >= 0.6 is 11.8 Å². The summed E-state index contributed by atoms with van der Waals surface area (Å²) in [5.74, 6) is 1.32. The molecule has 162 valence electrons. The van der Waals surface area contributed by atoms with E-state index in [9.17, 15) is 4.79 Å². The zero-order valence-electron chi connectivity index (χ0n) is 17.5. The smallest absolute Gasteiger partial charge is 0.277 e. The van der Waals surface area contributed by atoms with Gasteiger partial charge in [-0.15, -0.1) is 10.2 Å². The molecule has 4 aromatic rings. The number of benzene rings is 3. The molecular weight excluding hydrogens is 424 g/mol. The number of methoxy groups -OCH3 is 1. The summed E-state index contributed by atoms with van der Waals surface area (Å²) in [6.45, 7) is 0.383. The van der Waals surface area contributed by atoms with E-state index in [2.05, 4.69) is 15.5 Å². The van der Waals surface area contributed by atoms with E-state index in [0.29, 0.717) is 17.7 Å². The van der Waals surface area contributed by atoms with Crippen molar-refractivity contribution in [3.8, 4) is 5.75 Å². The Hall–Kier alpha value is -3.78. The molecule has 1 aromatic heterocycles. The lowest BCUT2D eigenvalue weighted by molar-refractivity contribution is -0.115. The SMILES string of the molecule is COc1ccc(NCc2nnc(SCC(=O)N(c3ccccc3)c3ccccc3)o2)cc1. The maximum Gasteiger partial charge on any atom is 0.277 e. The lowest BCUT2D eigenvalue weighted by Crippen LogP contribution is -2.27. The molecule has 0 aliphatic rings. The number of hydrogen-bond acceptors (Lipinski definition) is 7. The number of nitrogens with one attached hydrogen (secondary N) is 1. The van der Waals surface area contributed by atoms with Crippen molar-refractivity contribution in [3.63, 3.8) is 0 Å². The van der Waals surface area contributed by atoms with Crippen molar-refractivity contribution >= 4 is 34.7 Å². The Balaban J connectivity index is 1.37. The third kappa shape index (κ3) is 5.47. The first-order valence-corrected chi connectivity index (χ1v) is 11.0. The Morgan fingerprint density at radius 1 is 0.938 bits per heavy atom. The minimum atomic E-state index is -0.0801. The fraction of sp³-hybridized carbons (Fsp3) is 0.125. The summed E-state index contributed by atoms with van der Waals surface area (Å²) in [5.41, 5.74) is 2.52. The van der Waals surface area contributed by atoms with Crippen LogP contribution in [0.3, 0.4) is 0 Å². The first kappa shape index (κ1) is 21.5. The summed E-state index contributed by atoms with van der Waals surface area (Å²) >= 11 is 1.22. The molecule has 3 aromatic carbocycles. The first-order chi connectivity index (χ1) is 15.7. The van der Waals surface area contributed by atoms with Crippen molar-refractivity contribution in [3.05, 3.63) is 90.8 Å². The van der Waals surface area contributed by atoms with E-state index in [1.807, 2.05) is 84.9 Å². The van der Waals surface area contributed by atoms with E-state index in [1.54, 1.807) is 12.0 Å². The van der Waals surface area contributed by atoms with E-state index in [-0.39, 0.29) is 11.7 Å². The molecule has 0 fully saturated rings. The number of anilines is 3. The second kappa shape index (κ2) is 10.5. The number of nitrogens with zero attached hydrogens (tertiary/aromatic N) is 3. The van der Waals surface area contributed by atoms with Crippen molar-refractivity contribution < 1.29 is 13.9 Å². The summed E-state index contributed by atoms with van der Waals surface area (Å²) in [4.78, 5) is 14.8. The molecule has 0 aliphatic carbocycles. The Kier molecular flexibility index (Phi) is 7.04. The van der Waals surface area contributed by atoms with Gasteiger partial charge in [-0.2, -0.15) is 0 Å². The van der Waals surface area contributed by atoms with Crippen LogP contribution in [0.4, 0.5) is 17.1 Å². The quantitative estimate of drug-likeness (QED) is 0.356. The molecule has 0 saturated heterocycles. The van der Waals surface area contributed by atoms with Crippen LogP contribution in [0.15, 0.2) is 94.6 Å². The summed E-state index contributed by atoms with van der Waals surface area (Å²) in [7, 11) is 1.63. The number of carbonyl (C=O) groups is 1. The van der Waals surface area contributed by atoms with Crippen molar-refractivity contribution in [1.82, 2.24) is 10.2 Å². The van der Waals surface area contributed by atoms with Gasteiger partial charge in [-0.25, -0.2) is 0 Å². The molecule has 0 aliphatic heterocycles. The topological polar surface area (TPSA) is 80.5 Å². The van der Waals surface area contributed by atoms with Crippen LogP contribution in [0.1, 0.15) is 5.89 Å². The van der Waals surface area contributed by atoms with E-state index in [0.717, 1.165) is 22.8 Å². The summed E-state index contributed by atoms with van der Waals surface area (Å²) in [6.07, 6.45) is 0. The van der Waals surface area contributed by atoms with Crippen molar-refractivity contribution in [1.29, 1.82) is 0 Å². The molecule has 0 spiro atoms. The predicted molar refractivity (Wildman–Crippen MR) is 125 cm³/mol. The molecule has 1 N–H and O–H groups in total. The minimum Gasteiger partial charge on any atom is -0.497 e. The van der Waals surface area contributed by atoms with Crippen molar-refractivity contribution in [2.45, 2.75) is 11.8 Å². The monoisotopic (exact) mass is 446 g/mol. The van der Waals surface area contributed by atoms with Crippen LogP contribution < -0.4 is 15.0 Å². The molecule has 0 unspecified atom stereocenters. The molecule has 1 heterocycles. The van der Waals surface area contributed by atoms with Gasteiger partial charge in [-0.05, 0) is 48.5 Å². The Labute approximate surface area is 190 Å². The van der Waals surface area contributed by atoms with Crippen molar-refractivity contribution in [2.75, 3.05) is 23.1 Å². The molecular formula is C24H22N4O3S. The van der Waals surface area contributed by atoms with Gasteiger partial charge in [0.2, 0.25) is 11.8 Å². The number of ether oxygens (including phenoxy) is 1. The average Bonchev–Trinajstić information content (AvgIpc) is 3.31. The zero-order chi connectivity index (χ0) is 22.2. The molecule has 1 amide bonds. The second-order valence-electron chi connectivity index (χ2n) is 6.73. The van der Waals surface area contributed by atoms with Gasteiger partial charge in [0.15, 0.2) is 0 Å². The van der Waals surface area contributed by atoms with Gasteiger partial charge in [0.1, 0.15) is 5.75 Å². The maximum absolute atomic E-state index is 13.1. The van der Waals surface area contributed by atoms with Gasteiger partial charge in [-0.3, -0.25) is 9.69 Å². The fourth-order valence-electron chi connectivity index (χ4n) is 3.03. The zero-order valence-corrected chi connectivity index (χ0v) is 18.3. The van der Waals surface area contributed by atoms with Gasteiger partial charge >= 0.3 is 0 Å². The van der Waals surface area contributed by atoms with Gasteiger partial charge in [0.25, 0.3) is 5.22 Å². The van der Waals surface area contributed by atoms with Crippen LogP contribution in [-0.4, -0.2) is 29.0 Å². The molecule has 0 saturated carbocycles. The highest BCUT2D eigenvalue weighted by Crippen LogP contribution is 2.27. The van der Waals surface area contributed by atoms with Crippen LogP contribution in [0, 0.1) is 0 Å². The van der Waals surface area contributed by atoms with Gasteiger partial charge in [-0.1, -0.05) is 48.2 Å². The third-order valence-electron chi connectivity index (χ3n) is 4.58. The number of amides is 1. The molecule has 0 atom stereocenters. The number of thioether (sulfide) groups is 1. The summed E-state index contributed by atoms with van der Waals surface area (Å²) < 4.78 is 10.8. The van der Waals surface area contributed by atoms with Gasteiger partial charge in [0, 0.05) is 17.1 Å². The lowest BCUT2D eigenvalue weighted by atomic mass is 10.2. The lowest BCUT2D eigenvalue weighted by Gasteiger charge is -2.22. The molecule has 32 heavy (non-hydrogen) atoms. The predicted octanol–water partition coefficient (Wildman–Crippen LogP) is 5.15. The van der Waals surface area contributed by atoms with E-state index in [4.69, 9.17) is 9.15 Å². The van der Waals surface area contributed by atoms with E-state index >= 15 is 0 Å². The number of para-hydroxylation sites is 2. The minimum absolute atomic E-state index is 0.0801. The van der Waals surface area contributed by atoms with Gasteiger partial charge in [0.05, 0.1) is 19.4 Å². The fourth-order valence-corrected chi connectivity index (χ4v) is 3.66. The average molecular weight is 447 g/mol. The number of rotatable bonds is 9. The summed E-state index contributed by atoms with van der Waals surface area (Å²) in [6, 6.07) is 26.7. The van der Waals surface area contributed by atoms with E-state index < -0.39 is 0 Å². The third-order valence-corrected chi connectivity index (χ3v) is 5.38. The highest BCUT2D eigenvalue weighted by Gasteiger charge is 2.19.